The third-order valence-corrected chi connectivity index (χ3v) is 4.00. The van der Waals surface area contributed by atoms with Gasteiger partial charge in [0.05, 0.1) is 5.69 Å². The van der Waals surface area contributed by atoms with Crippen LogP contribution in [0.15, 0.2) is 27.6 Å². The Morgan fingerprint density at radius 1 is 1.35 bits per heavy atom. The molecule has 6 heteroatoms. The Kier molecular flexibility index (Phi) is 2.76. The smallest absolute Gasteiger partial charge is 0.255 e. The van der Waals surface area contributed by atoms with Crippen molar-refractivity contribution in [2.45, 2.75) is 11.5 Å². The van der Waals surface area contributed by atoms with E-state index < -0.39 is 0 Å². The highest BCUT2D eigenvalue weighted by Gasteiger charge is 2.18. The molecule has 17 heavy (non-hydrogen) atoms. The summed E-state index contributed by atoms with van der Waals surface area (Å²) in [6.07, 6.45) is 1.69. The zero-order chi connectivity index (χ0) is 11.8. The van der Waals surface area contributed by atoms with Gasteiger partial charge in [0.1, 0.15) is 5.69 Å². The van der Waals surface area contributed by atoms with Crippen molar-refractivity contribution in [2.75, 3.05) is 0 Å². The third-order valence-electron chi connectivity index (χ3n) is 2.56. The van der Waals surface area contributed by atoms with Crippen LogP contribution in [0.2, 0.25) is 0 Å². The number of nitrogens with one attached hydrogen (secondary N) is 1. The van der Waals surface area contributed by atoms with Gasteiger partial charge in [-0.1, -0.05) is 0 Å². The molecule has 86 valence electrons. The predicted molar refractivity (Wildman–Crippen MR) is 70.8 cm³/mol. The summed E-state index contributed by atoms with van der Waals surface area (Å²) in [7, 11) is 0. The van der Waals surface area contributed by atoms with Crippen LogP contribution in [0.25, 0.3) is 11.5 Å². The van der Waals surface area contributed by atoms with E-state index in [0.29, 0.717) is 11.5 Å². The maximum Gasteiger partial charge on any atom is 0.255 e. The number of halogens is 1. The molecule has 0 spiro atoms. The molecule has 3 rings (SSSR count). The van der Waals surface area contributed by atoms with E-state index in [4.69, 9.17) is 0 Å². The summed E-state index contributed by atoms with van der Waals surface area (Å²) >= 11 is 5.04. The summed E-state index contributed by atoms with van der Waals surface area (Å²) in [5, 5.41) is 0. The number of nitrogens with zero attached hydrogens (tertiary/aromatic N) is 2. The van der Waals surface area contributed by atoms with E-state index in [1.807, 2.05) is 12.1 Å². The lowest BCUT2D eigenvalue weighted by Crippen LogP contribution is -2.15. The molecule has 4 nitrogen and oxygen atoms in total. The first-order valence-corrected chi connectivity index (χ1v) is 7.00. The number of pyridine rings is 1. The molecule has 0 amide bonds. The summed E-state index contributed by atoms with van der Waals surface area (Å²) in [5.74, 6) is 2.11. The molecule has 1 N–H and O–H groups in total. The summed E-state index contributed by atoms with van der Waals surface area (Å²) in [4.78, 5) is 23.3. The number of fused-ring (bicyclic) bond motifs is 1. The van der Waals surface area contributed by atoms with Crippen molar-refractivity contribution >= 4 is 27.7 Å². The fourth-order valence-corrected chi connectivity index (χ4v) is 2.97. The van der Waals surface area contributed by atoms with E-state index in [0.717, 1.165) is 27.2 Å². The fourth-order valence-electron chi connectivity index (χ4n) is 1.70. The Labute approximate surface area is 110 Å². The molecular formula is C11H8BrN3OS. The molecule has 2 aromatic rings. The molecule has 0 unspecified atom stereocenters. The molecule has 1 aliphatic heterocycles. The quantitative estimate of drug-likeness (QED) is 0.878. The van der Waals surface area contributed by atoms with Gasteiger partial charge in [0.2, 0.25) is 0 Å². The third kappa shape index (κ3) is 2.02. The van der Waals surface area contributed by atoms with Crippen LogP contribution >= 0.6 is 27.7 Å². The van der Waals surface area contributed by atoms with Crippen LogP contribution < -0.4 is 5.56 Å². The van der Waals surface area contributed by atoms with Gasteiger partial charge >= 0.3 is 0 Å². The lowest BCUT2D eigenvalue weighted by atomic mass is 10.2. The van der Waals surface area contributed by atoms with Gasteiger partial charge in [0, 0.05) is 27.7 Å². The molecule has 0 saturated carbocycles. The summed E-state index contributed by atoms with van der Waals surface area (Å²) < 4.78 is 0.903. The maximum absolute atomic E-state index is 11.8. The van der Waals surface area contributed by atoms with Gasteiger partial charge < -0.3 is 4.98 Å². The van der Waals surface area contributed by atoms with Gasteiger partial charge in [-0.15, -0.1) is 0 Å². The van der Waals surface area contributed by atoms with Gasteiger partial charge in [0.25, 0.3) is 5.56 Å². The zero-order valence-corrected chi connectivity index (χ0v) is 11.1. The SMILES string of the molecule is O=c1[nH]c(-c2ccc(Br)cn2)nc2c1CSC2. The first-order valence-electron chi connectivity index (χ1n) is 5.06. The molecule has 0 bridgehead atoms. The lowest BCUT2D eigenvalue weighted by Gasteiger charge is -2.02. The average molecular weight is 310 g/mol. The summed E-state index contributed by atoms with van der Waals surface area (Å²) in [6.45, 7) is 0. The molecule has 0 atom stereocenters. The Bertz CT molecular complexity index is 624. The second-order valence-corrected chi connectivity index (χ2v) is 5.60. The van der Waals surface area contributed by atoms with Crippen molar-refractivity contribution in [3.63, 3.8) is 0 Å². The molecule has 1 aliphatic rings. The van der Waals surface area contributed by atoms with Gasteiger partial charge in [-0.05, 0) is 28.1 Å². The molecule has 0 aromatic carbocycles. The molecule has 0 radical (unpaired) electrons. The number of hydrogen-bond donors (Lipinski definition) is 1. The minimum Gasteiger partial charge on any atom is -0.305 e. The van der Waals surface area contributed by atoms with Gasteiger partial charge in [-0.25, -0.2) is 4.98 Å². The maximum atomic E-state index is 11.8. The second-order valence-electron chi connectivity index (χ2n) is 3.69. The normalized spacial score (nSPS) is 13.7. The van der Waals surface area contributed by atoms with E-state index in [1.54, 1.807) is 18.0 Å². The van der Waals surface area contributed by atoms with E-state index in [9.17, 15) is 4.79 Å². The summed E-state index contributed by atoms with van der Waals surface area (Å²) in [5.41, 5.74) is 2.33. The Morgan fingerprint density at radius 2 is 2.24 bits per heavy atom. The van der Waals surface area contributed by atoms with Crippen LogP contribution in [0.3, 0.4) is 0 Å². The molecule has 2 aromatic heterocycles. The molecule has 3 heterocycles. The van der Waals surface area contributed by atoms with Crippen molar-refractivity contribution in [3.05, 3.63) is 44.4 Å². The van der Waals surface area contributed by atoms with Crippen molar-refractivity contribution in [1.29, 1.82) is 0 Å². The van der Waals surface area contributed by atoms with E-state index in [-0.39, 0.29) is 5.56 Å². The largest absolute Gasteiger partial charge is 0.305 e. The van der Waals surface area contributed by atoms with Gasteiger partial charge in [-0.2, -0.15) is 11.8 Å². The minimum absolute atomic E-state index is 0.0419. The van der Waals surface area contributed by atoms with Gasteiger partial charge in [-0.3, -0.25) is 9.78 Å². The topological polar surface area (TPSA) is 58.6 Å². The number of aromatic nitrogens is 3. The summed E-state index contributed by atoms with van der Waals surface area (Å²) in [6, 6.07) is 3.71. The van der Waals surface area contributed by atoms with Crippen molar-refractivity contribution in [3.8, 4) is 11.5 Å². The first-order chi connectivity index (χ1) is 8.24. The number of thioether (sulfide) groups is 1. The zero-order valence-electron chi connectivity index (χ0n) is 8.74. The van der Waals surface area contributed by atoms with Crippen LogP contribution in [0.4, 0.5) is 0 Å². The number of aromatic amines is 1. The number of H-pyrrole nitrogens is 1. The highest BCUT2D eigenvalue weighted by Crippen LogP contribution is 2.26. The highest BCUT2D eigenvalue weighted by atomic mass is 79.9. The Hall–Kier alpha value is -1.14. The van der Waals surface area contributed by atoms with E-state index in [2.05, 4.69) is 30.9 Å². The Balaban J connectivity index is 2.13. The van der Waals surface area contributed by atoms with Crippen LogP contribution in [-0.4, -0.2) is 15.0 Å². The molecule has 0 fully saturated rings. The molecule has 0 saturated heterocycles. The standard InChI is InChI=1S/C11H8BrN3OS/c12-6-1-2-8(13-3-6)10-14-9-5-17-4-7(9)11(16)15-10/h1-3H,4-5H2,(H,14,15,16). The van der Waals surface area contributed by atoms with Crippen LogP contribution in [0.5, 0.6) is 0 Å². The second kappa shape index (κ2) is 4.27. The monoisotopic (exact) mass is 309 g/mol. The number of rotatable bonds is 1. The van der Waals surface area contributed by atoms with Crippen molar-refractivity contribution < 1.29 is 0 Å². The van der Waals surface area contributed by atoms with E-state index in [1.165, 1.54) is 0 Å². The highest BCUT2D eigenvalue weighted by molar-refractivity contribution is 9.10. The number of hydrogen-bond acceptors (Lipinski definition) is 4. The minimum atomic E-state index is -0.0419. The first kappa shape index (κ1) is 11.0. The van der Waals surface area contributed by atoms with Crippen molar-refractivity contribution in [2.24, 2.45) is 0 Å². The Morgan fingerprint density at radius 3 is 3.00 bits per heavy atom. The van der Waals surface area contributed by atoms with Crippen LogP contribution in [0, 0.1) is 0 Å². The van der Waals surface area contributed by atoms with Crippen molar-refractivity contribution in [1.82, 2.24) is 15.0 Å². The van der Waals surface area contributed by atoms with E-state index >= 15 is 0 Å². The van der Waals surface area contributed by atoms with Crippen LogP contribution in [-0.2, 0) is 11.5 Å². The lowest BCUT2D eigenvalue weighted by molar-refractivity contribution is 1.02. The fraction of sp³-hybridized carbons (Fsp3) is 0.182. The molecule has 0 aliphatic carbocycles. The average Bonchev–Trinajstić information content (AvgIpc) is 2.78. The predicted octanol–water partition coefficient (Wildman–Crippen LogP) is 2.34. The van der Waals surface area contributed by atoms with Gasteiger partial charge in [0.15, 0.2) is 5.82 Å². The molecular weight excluding hydrogens is 302 g/mol. The van der Waals surface area contributed by atoms with Crippen LogP contribution in [0.1, 0.15) is 11.3 Å².